The highest BCUT2D eigenvalue weighted by atomic mass is 16.5. The van der Waals surface area contributed by atoms with E-state index in [2.05, 4.69) is 10.6 Å². The van der Waals surface area contributed by atoms with Gasteiger partial charge in [0.25, 0.3) is 5.91 Å². The van der Waals surface area contributed by atoms with Gasteiger partial charge in [-0.1, -0.05) is 18.2 Å². The largest absolute Gasteiger partial charge is 0.381 e. The molecule has 0 radical (unpaired) electrons. The van der Waals surface area contributed by atoms with E-state index < -0.39 is 0 Å². The summed E-state index contributed by atoms with van der Waals surface area (Å²) in [5.41, 5.74) is 2.09. The van der Waals surface area contributed by atoms with E-state index >= 15 is 0 Å². The van der Waals surface area contributed by atoms with Gasteiger partial charge in [-0.25, -0.2) is 4.79 Å². The first kappa shape index (κ1) is 18.9. The molecule has 1 saturated heterocycles. The van der Waals surface area contributed by atoms with Crippen LogP contribution in [0.25, 0.3) is 0 Å². The van der Waals surface area contributed by atoms with Gasteiger partial charge in [-0.15, -0.1) is 0 Å². The third-order valence-electron chi connectivity index (χ3n) is 4.59. The fourth-order valence-corrected chi connectivity index (χ4v) is 3.06. The van der Waals surface area contributed by atoms with Crippen LogP contribution >= 0.6 is 0 Å². The van der Waals surface area contributed by atoms with E-state index in [1.165, 1.54) is 0 Å². The highest BCUT2D eigenvalue weighted by Gasteiger charge is 2.17. The number of benzene rings is 2. The highest BCUT2D eigenvalue weighted by Crippen LogP contribution is 2.18. The number of urea groups is 1. The number of nitrogens with zero attached hydrogens (tertiary/aromatic N) is 1. The Morgan fingerprint density at radius 2 is 1.85 bits per heavy atom. The minimum atomic E-state index is -0.250. The molecular formula is C21H25N3O3. The molecule has 1 aliphatic rings. The van der Waals surface area contributed by atoms with Crippen molar-refractivity contribution in [1.29, 1.82) is 0 Å². The van der Waals surface area contributed by atoms with Crippen molar-refractivity contribution < 1.29 is 14.3 Å². The zero-order chi connectivity index (χ0) is 19.1. The van der Waals surface area contributed by atoms with Crippen molar-refractivity contribution in [1.82, 2.24) is 5.32 Å². The van der Waals surface area contributed by atoms with Crippen LogP contribution in [0.2, 0.25) is 0 Å². The minimum absolute atomic E-state index is 0.0686. The lowest BCUT2D eigenvalue weighted by atomic mass is 10.1. The van der Waals surface area contributed by atoms with Gasteiger partial charge in [0.2, 0.25) is 0 Å². The summed E-state index contributed by atoms with van der Waals surface area (Å²) in [6.45, 7) is 4.59. The summed E-state index contributed by atoms with van der Waals surface area (Å²) in [7, 11) is 0. The van der Waals surface area contributed by atoms with E-state index in [9.17, 15) is 9.59 Å². The Balaban J connectivity index is 1.57. The van der Waals surface area contributed by atoms with Crippen molar-refractivity contribution in [3.05, 3.63) is 60.2 Å². The van der Waals surface area contributed by atoms with Gasteiger partial charge in [0.05, 0.1) is 6.61 Å². The maximum atomic E-state index is 12.8. The van der Waals surface area contributed by atoms with E-state index in [1.807, 2.05) is 37.3 Å². The lowest BCUT2D eigenvalue weighted by molar-refractivity contribution is 0.0988. The first-order valence-corrected chi connectivity index (χ1v) is 9.27. The second kappa shape index (κ2) is 9.19. The molecule has 0 saturated carbocycles. The van der Waals surface area contributed by atoms with Crippen molar-refractivity contribution >= 4 is 23.3 Å². The van der Waals surface area contributed by atoms with Crippen LogP contribution in [0.5, 0.6) is 0 Å². The molecule has 1 atom stereocenters. The third-order valence-corrected chi connectivity index (χ3v) is 4.59. The number of rotatable bonds is 6. The molecule has 0 aliphatic carbocycles. The molecule has 6 nitrogen and oxygen atoms in total. The maximum absolute atomic E-state index is 12.8. The Morgan fingerprint density at radius 1 is 1.11 bits per heavy atom. The van der Waals surface area contributed by atoms with Gasteiger partial charge >= 0.3 is 6.03 Å². The SMILES string of the molecule is CCN(C(=O)c1ccc(NC(=O)NCC2CCOC2)cc1)c1ccccc1. The summed E-state index contributed by atoms with van der Waals surface area (Å²) < 4.78 is 5.30. The van der Waals surface area contributed by atoms with Gasteiger partial charge in [0, 0.05) is 42.6 Å². The van der Waals surface area contributed by atoms with Crippen molar-refractivity contribution in [3.63, 3.8) is 0 Å². The molecule has 0 aromatic heterocycles. The van der Waals surface area contributed by atoms with Crippen LogP contribution in [-0.2, 0) is 4.74 Å². The molecule has 1 fully saturated rings. The van der Waals surface area contributed by atoms with Crippen LogP contribution < -0.4 is 15.5 Å². The Labute approximate surface area is 159 Å². The number of anilines is 2. The number of ether oxygens (including phenoxy) is 1. The molecule has 6 heteroatoms. The molecular weight excluding hydrogens is 342 g/mol. The summed E-state index contributed by atoms with van der Waals surface area (Å²) in [6.07, 6.45) is 0.979. The highest BCUT2D eigenvalue weighted by molar-refractivity contribution is 6.06. The molecule has 2 aromatic rings. The molecule has 1 heterocycles. The predicted octanol–water partition coefficient (Wildman–Crippen LogP) is 3.51. The number of carbonyl (C=O) groups is 2. The smallest absolute Gasteiger partial charge is 0.319 e. The molecule has 1 unspecified atom stereocenters. The van der Waals surface area contributed by atoms with E-state index in [-0.39, 0.29) is 11.9 Å². The summed E-state index contributed by atoms with van der Waals surface area (Å²) in [6, 6.07) is 16.3. The standard InChI is InChI=1S/C21H25N3O3/c1-2-24(19-6-4-3-5-7-19)20(25)17-8-10-18(11-9-17)23-21(26)22-14-16-12-13-27-15-16/h3-11,16H,2,12-15H2,1H3,(H2,22,23,26). The van der Waals surface area contributed by atoms with E-state index in [1.54, 1.807) is 29.2 Å². The molecule has 0 bridgehead atoms. The van der Waals surface area contributed by atoms with Crippen molar-refractivity contribution in [2.24, 2.45) is 5.92 Å². The quantitative estimate of drug-likeness (QED) is 0.821. The fourth-order valence-electron chi connectivity index (χ4n) is 3.06. The van der Waals surface area contributed by atoms with Crippen molar-refractivity contribution in [3.8, 4) is 0 Å². The van der Waals surface area contributed by atoms with Crippen molar-refractivity contribution in [2.45, 2.75) is 13.3 Å². The second-order valence-electron chi connectivity index (χ2n) is 6.53. The van der Waals surface area contributed by atoms with Crippen LogP contribution in [0.4, 0.5) is 16.2 Å². The van der Waals surface area contributed by atoms with Crippen LogP contribution in [-0.4, -0.2) is 38.2 Å². The number of amides is 3. The average molecular weight is 367 g/mol. The minimum Gasteiger partial charge on any atom is -0.381 e. The van der Waals surface area contributed by atoms with Crippen LogP contribution in [0.15, 0.2) is 54.6 Å². The Bertz CT molecular complexity index is 756. The number of para-hydroxylation sites is 1. The zero-order valence-electron chi connectivity index (χ0n) is 15.5. The second-order valence-corrected chi connectivity index (χ2v) is 6.53. The van der Waals surface area contributed by atoms with E-state index in [4.69, 9.17) is 4.74 Å². The molecule has 1 aliphatic heterocycles. The predicted molar refractivity (Wildman–Crippen MR) is 106 cm³/mol. The van der Waals surface area contributed by atoms with Crippen molar-refractivity contribution in [2.75, 3.05) is 36.5 Å². The van der Waals surface area contributed by atoms with Gasteiger partial charge in [0.15, 0.2) is 0 Å². The van der Waals surface area contributed by atoms with Gasteiger partial charge in [0.1, 0.15) is 0 Å². The monoisotopic (exact) mass is 367 g/mol. The number of carbonyl (C=O) groups excluding carboxylic acids is 2. The van der Waals surface area contributed by atoms with Crippen LogP contribution in [0.1, 0.15) is 23.7 Å². The maximum Gasteiger partial charge on any atom is 0.319 e. The topological polar surface area (TPSA) is 70.7 Å². The summed E-state index contributed by atoms with van der Waals surface area (Å²) in [5.74, 6) is 0.315. The molecule has 142 valence electrons. The van der Waals surface area contributed by atoms with Gasteiger partial charge in [-0.05, 0) is 49.7 Å². The lowest BCUT2D eigenvalue weighted by Crippen LogP contribution is -2.33. The number of hydrogen-bond acceptors (Lipinski definition) is 3. The zero-order valence-corrected chi connectivity index (χ0v) is 15.5. The van der Waals surface area contributed by atoms with Gasteiger partial charge in [-0.2, -0.15) is 0 Å². The van der Waals surface area contributed by atoms with Gasteiger partial charge in [-0.3, -0.25) is 4.79 Å². The summed E-state index contributed by atoms with van der Waals surface area (Å²) in [4.78, 5) is 26.5. The third kappa shape index (κ3) is 5.08. The molecule has 2 N–H and O–H groups in total. The summed E-state index contributed by atoms with van der Waals surface area (Å²) in [5, 5.41) is 5.65. The number of hydrogen-bond donors (Lipinski definition) is 2. The molecule has 27 heavy (non-hydrogen) atoms. The van der Waals surface area contributed by atoms with Gasteiger partial charge < -0.3 is 20.3 Å². The number of nitrogens with one attached hydrogen (secondary N) is 2. The first-order chi connectivity index (χ1) is 13.2. The van der Waals surface area contributed by atoms with E-state index in [0.29, 0.717) is 36.9 Å². The molecule has 0 spiro atoms. The normalized spacial score (nSPS) is 16.0. The molecule has 3 rings (SSSR count). The first-order valence-electron chi connectivity index (χ1n) is 9.27. The summed E-state index contributed by atoms with van der Waals surface area (Å²) >= 11 is 0. The fraction of sp³-hybridized carbons (Fsp3) is 0.333. The molecule has 2 aromatic carbocycles. The van der Waals surface area contributed by atoms with Crippen LogP contribution in [0, 0.1) is 5.92 Å². The lowest BCUT2D eigenvalue weighted by Gasteiger charge is -2.21. The Kier molecular flexibility index (Phi) is 6.44. The van der Waals surface area contributed by atoms with Crippen LogP contribution in [0.3, 0.4) is 0 Å². The Hall–Kier alpha value is -2.86. The average Bonchev–Trinajstić information content (AvgIpc) is 3.22. The Morgan fingerprint density at radius 3 is 2.48 bits per heavy atom. The molecule has 3 amide bonds. The van der Waals surface area contributed by atoms with E-state index in [0.717, 1.165) is 18.7 Å².